The Balaban J connectivity index is 2.15. The molecule has 4 heteroatoms. The minimum absolute atomic E-state index is 0.210. The van der Waals surface area contributed by atoms with Gasteiger partial charge in [0, 0.05) is 5.39 Å². The minimum Gasteiger partial charge on any atom is -0.478 e. The van der Waals surface area contributed by atoms with E-state index in [-0.39, 0.29) is 5.56 Å². The Hall–Kier alpha value is -2.52. The molecule has 0 aliphatic rings. The molecule has 0 aliphatic heterocycles. The van der Waals surface area contributed by atoms with Crippen molar-refractivity contribution in [2.45, 2.75) is 0 Å². The molecule has 104 valence electrons. The summed E-state index contributed by atoms with van der Waals surface area (Å²) < 4.78 is 0. The Bertz CT molecular complexity index is 830. The average Bonchev–Trinajstić information content (AvgIpc) is 2.50. The highest BCUT2D eigenvalue weighted by atomic mass is 35.5. The third-order valence-electron chi connectivity index (χ3n) is 3.30. The first-order valence-corrected chi connectivity index (χ1v) is 6.81. The zero-order valence-corrected chi connectivity index (χ0v) is 11.8. The Kier molecular flexibility index (Phi) is 3.50. The molecule has 0 fully saturated rings. The fourth-order valence-electron chi connectivity index (χ4n) is 2.29. The van der Waals surface area contributed by atoms with Crippen molar-refractivity contribution in [1.82, 2.24) is 0 Å². The van der Waals surface area contributed by atoms with E-state index < -0.39 is 5.97 Å². The van der Waals surface area contributed by atoms with E-state index in [2.05, 4.69) is 5.32 Å². The fraction of sp³-hybridized carbons (Fsp3) is 0. The van der Waals surface area contributed by atoms with E-state index in [1.54, 1.807) is 30.3 Å². The molecule has 0 amide bonds. The number of halogens is 1. The summed E-state index contributed by atoms with van der Waals surface area (Å²) >= 11 is 6.28. The van der Waals surface area contributed by atoms with Crippen LogP contribution in [0.15, 0.2) is 60.7 Å². The van der Waals surface area contributed by atoms with Crippen LogP contribution in [0.25, 0.3) is 10.8 Å². The number of aromatic carboxylic acids is 1. The molecule has 0 aliphatic carbocycles. The molecule has 0 saturated carbocycles. The van der Waals surface area contributed by atoms with Crippen molar-refractivity contribution in [2.24, 2.45) is 0 Å². The zero-order valence-electron chi connectivity index (χ0n) is 11.0. The predicted molar refractivity (Wildman–Crippen MR) is 85.6 cm³/mol. The largest absolute Gasteiger partial charge is 0.478 e. The Morgan fingerprint density at radius 2 is 1.67 bits per heavy atom. The highest BCUT2D eigenvalue weighted by molar-refractivity contribution is 6.35. The maximum atomic E-state index is 11.3. The lowest BCUT2D eigenvalue weighted by Gasteiger charge is -2.13. The summed E-state index contributed by atoms with van der Waals surface area (Å²) in [4.78, 5) is 11.3. The summed E-state index contributed by atoms with van der Waals surface area (Å²) in [5, 5.41) is 14.9. The molecule has 0 bridgehead atoms. The van der Waals surface area contributed by atoms with Crippen LogP contribution in [0.2, 0.25) is 5.02 Å². The summed E-state index contributed by atoms with van der Waals surface area (Å²) in [5.74, 6) is -0.977. The smallest absolute Gasteiger partial charge is 0.337 e. The monoisotopic (exact) mass is 297 g/mol. The van der Waals surface area contributed by atoms with Gasteiger partial charge in [0.1, 0.15) is 0 Å². The van der Waals surface area contributed by atoms with Crippen LogP contribution < -0.4 is 5.32 Å². The molecule has 0 aromatic heterocycles. The molecule has 3 nitrogen and oxygen atoms in total. The summed E-state index contributed by atoms with van der Waals surface area (Å²) in [7, 11) is 0. The fourth-order valence-corrected chi connectivity index (χ4v) is 2.50. The van der Waals surface area contributed by atoms with Gasteiger partial charge in [-0.3, -0.25) is 0 Å². The molecule has 0 spiro atoms. The van der Waals surface area contributed by atoms with Crippen LogP contribution in [0, 0.1) is 0 Å². The molecule has 0 unspecified atom stereocenters. The Labute approximate surface area is 126 Å². The number of hydrogen-bond acceptors (Lipinski definition) is 2. The second kappa shape index (κ2) is 5.46. The van der Waals surface area contributed by atoms with E-state index in [1.807, 2.05) is 30.3 Å². The number of hydrogen-bond donors (Lipinski definition) is 2. The summed E-state index contributed by atoms with van der Waals surface area (Å²) in [6.45, 7) is 0. The molecule has 0 saturated heterocycles. The van der Waals surface area contributed by atoms with E-state index in [1.165, 1.54) is 0 Å². The number of rotatable bonds is 3. The number of carboxylic acid groups (broad SMARTS) is 1. The van der Waals surface area contributed by atoms with Crippen molar-refractivity contribution in [3.05, 3.63) is 71.2 Å². The maximum Gasteiger partial charge on any atom is 0.337 e. The highest BCUT2D eigenvalue weighted by Crippen LogP contribution is 2.34. The van der Waals surface area contributed by atoms with Gasteiger partial charge < -0.3 is 10.4 Å². The van der Waals surface area contributed by atoms with Crippen molar-refractivity contribution in [3.8, 4) is 0 Å². The molecular weight excluding hydrogens is 286 g/mol. The van der Waals surface area contributed by atoms with Gasteiger partial charge in [0.2, 0.25) is 0 Å². The van der Waals surface area contributed by atoms with Crippen LogP contribution in [0.3, 0.4) is 0 Å². The van der Waals surface area contributed by atoms with E-state index in [4.69, 9.17) is 11.6 Å². The molecule has 3 rings (SSSR count). The number of anilines is 2. The normalized spacial score (nSPS) is 10.5. The third kappa shape index (κ3) is 2.56. The standard InChI is InChI=1S/C17H12ClNO2/c18-14-10-9-11-5-1-2-6-12(11)16(14)19-15-8-4-3-7-13(15)17(20)21/h1-10,19H,(H,20,21). The van der Waals surface area contributed by atoms with Crippen LogP contribution in [0.5, 0.6) is 0 Å². The van der Waals surface area contributed by atoms with Gasteiger partial charge in [-0.25, -0.2) is 4.79 Å². The van der Waals surface area contributed by atoms with E-state index in [0.717, 1.165) is 10.8 Å². The number of carboxylic acids is 1. The summed E-state index contributed by atoms with van der Waals surface area (Å²) in [6, 6.07) is 18.3. The van der Waals surface area contributed by atoms with E-state index >= 15 is 0 Å². The van der Waals surface area contributed by atoms with Gasteiger partial charge in [-0.1, -0.05) is 54.1 Å². The van der Waals surface area contributed by atoms with Gasteiger partial charge >= 0.3 is 5.97 Å². The maximum absolute atomic E-state index is 11.3. The minimum atomic E-state index is -0.977. The van der Waals surface area contributed by atoms with Crippen LogP contribution in [-0.2, 0) is 0 Å². The lowest BCUT2D eigenvalue weighted by molar-refractivity contribution is 0.0698. The van der Waals surface area contributed by atoms with Crippen molar-refractivity contribution in [3.63, 3.8) is 0 Å². The van der Waals surface area contributed by atoms with Crippen molar-refractivity contribution >= 4 is 39.7 Å². The first kappa shape index (κ1) is 13.5. The van der Waals surface area contributed by atoms with Gasteiger partial charge in [-0.15, -0.1) is 0 Å². The molecular formula is C17H12ClNO2. The second-order valence-corrected chi connectivity index (χ2v) is 5.03. The molecule has 2 N–H and O–H groups in total. The third-order valence-corrected chi connectivity index (χ3v) is 3.61. The lowest BCUT2D eigenvalue weighted by atomic mass is 10.1. The van der Waals surface area contributed by atoms with E-state index in [0.29, 0.717) is 16.4 Å². The zero-order chi connectivity index (χ0) is 14.8. The van der Waals surface area contributed by atoms with Gasteiger partial charge in [-0.05, 0) is 23.6 Å². The Morgan fingerprint density at radius 1 is 0.952 bits per heavy atom. The van der Waals surface area contributed by atoms with Gasteiger partial charge in [-0.2, -0.15) is 0 Å². The molecule has 21 heavy (non-hydrogen) atoms. The molecule has 3 aromatic rings. The van der Waals surface area contributed by atoms with Gasteiger partial charge in [0.15, 0.2) is 0 Å². The number of fused-ring (bicyclic) bond motifs is 1. The lowest BCUT2D eigenvalue weighted by Crippen LogP contribution is -2.02. The van der Waals surface area contributed by atoms with Crippen LogP contribution in [0.4, 0.5) is 11.4 Å². The molecule has 3 aromatic carbocycles. The number of para-hydroxylation sites is 1. The van der Waals surface area contributed by atoms with Crippen LogP contribution >= 0.6 is 11.6 Å². The van der Waals surface area contributed by atoms with Crippen molar-refractivity contribution in [2.75, 3.05) is 5.32 Å². The highest BCUT2D eigenvalue weighted by Gasteiger charge is 2.12. The number of carbonyl (C=O) groups is 1. The second-order valence-electron chi connectivity index (χ2n) is 4.62. The Morgan fingerprint density at radius 3 is 2.48 bits per heavy atom. The molecule has 0 heterocycles. The summed E-state index contributed by atoms with van der Waals surface area (Å²) in [5.41, 5.74) is 1.44. The SMILES string of the molecule is O=C(O)c1ccccc1Nc1c(Cl)ccc2ccccc12. The quantitative estimate of drug-likeness (QED) is 0.720. The first-order valence-electron chi connectivity index (χ1n) is 6.43. The van der Waals surface area contributed by atoms with E-state index in [9.17, 15) is 9.90 Å². The average molecular weight is 298 g/mol. The van der Waals surface area contributed by atoms with Gasteiger partial charge in [0.05, 0.1) is 22.0 Å². The van der Waals surface area contributed by atoms with Crippen LogP contribution in [-0.4, -0.2) is 11.1 Å². The van der Waals surface area contributed by atoms with Crippen molar-refractivity contribution in [1.29, 1.82) is 0 Å². The summed E-state index contributed by atoms with van der Waals surface area (Å²) in [6.07, 6.45) is 0. The molecule has 0 atom stereocenters. The predicted octanol–water partition coefficient (Wildman–Crippen LogP) is 4.94. The van der Waals surface area contributed by atoms with Gasteiger partial charge in [0.25, 0.3) is 0 Å². The first-order chi connectivity index (χ1) is 10.2. The van der Waals surface area contributed by atoms with Crippen LogP contribution in [0.1, 0.15) is 10.4 Å². The number of nitrogens with one attached hydrogen (secondary N) is 1. The topological polar surface area (TPSA) is 49.3 Å². The van der Waals surface area contributed by atoms with Crippen molar-refractivity contribution < 1.29 is 9.90 Å². The number of benzene rings is 3. The molecule has 0 radical (unpaired) electrons.